The largest absolute Gasteiger partial charge is 0.478 e. The van der Waals surface area contributed by atoms with Gasteiger partial charge in [0.1, 0.15) is 17.1 Å². The van der Waals surface area contributed by atoms with Gasteiger partial charge in [-0.15, -0.1) is 0 Å². The molecule has 0 bridgehead atoms. The molecular formula is C14H21NO4. The third-order valence-electron chi connectivity index (χ3n) is 3.22. The lowest BCUT2D eigenvalue weighted by Gasteiger charge is -2.41. The molecule has 1 aromatic rings. The lowest BCUT2D eigenvalue weighted by Crippen LogP contribution is -2.51. The Morgan fingerprint density at radius 3 is 2.79 bits per heavy atom. The number of aryl methyl sites for hydroxylation is 1. The van der Waals surface area contributed by atoms with Gasteiger partial charge in [-0.25, -0.2) is 4.79 Å². The Bertz CT molecular complexity index is 478. The molecule has 1 unspecified atom stereocenters. The Hall–Kier alpha value is -1.33. The minimum atomic E-state index is -0.942. The summed E-state index contributed by atoms with van der Waals surface area (Å²) in [6.07, 6.45) is 0.166. The van der Waals surface area contributed by atoms with Gasteiger partial charge in [0.15, 0.2) is 0 Å². The summed E-state index contributed by atoms with van der Waals surface area (Å²) in [7, 11) is 0. The SMILES string of the molecule is Cc1oc(CN2CC(C)OC(C)(C)C2)cc1C(=O)O. The van der Waals surface area contributed by atoms with Gasteiger partial charge >= 0.3 is 5.97 Å². The number of hydrogen-bond donors (Lipinski definition) is 1. The topological polar surface area (TPSA) is 62.9 Å². The van der Waals surface area contributed by atoms with Crippen molar-refractivity contribution in [1.82, 2.24) is 4.90 Å². The van der Waals surface area contributed by atoms with E-state index in [9.17, 15) is 4.79 Å². The van der Waals surface area contributed by atoms with Gasteiger partial charge in [0, 0.05) is 13.1 Å². The van der Waals surface area contributed by atoms with Crippen LogP contribution in [-0.4, -0.2) is 40.8 Å². The van der Waals surface area contributed by atoms with E-state index in [1.54, 1.807) is 13.0 Å². The molecule has 0 radical (unpaired) electrons. The van der Waals surface area contributed by atoms with Crippen LogP contribution in [0.25, 0.3) is 0 Å². The van der Waals surface area contributed by atoms with E-state index in [1.165, 1.54) is 0 Å². The van der Waals surface area contributed by atoms with Crippen molar-refractivity contribution in [3.8, 4) is 0 Å². The molecule has 0 aliphatic carbocycles. The number of furan rings is 1. The second-order valence-electron chi connectivity index (χ2n) is 5.85. The summed E-state index contributed by atoms with van der Waals surface area (Å²) in [6.45, 7) is 10.1. The smallest absolute Gasteiger partial charge is 0.339 e. The van der Waals surface area contributed by atoms with Crippen LogP contribution < -0.4 is 0 Å². The molecule has 19 heavy (non-hydrogen) atoms. The van der Waals surface area contributed by atoms with Gasteiger partial charge in [0.05, 0.1) is 18.2 Å². The van der Waals surface area contributed by atoms with Crippen LogP contribution in [-0.2, 0) is 11.3 Å². The van der Waals surface area contributed by atoms with Crippen molar-refractivity contribution < 1.29 is 19.1 Å². The highest BCUT2D eigenvalue weighted by Crippen LogP contribution is 2.23. The Morgan fingerprint density at radius 2 is 2.26 bits per heavy atom. The maximum absolute atomic E-state index is 11.0. The van der Waals surface area contributed by atoms with Crippen LogP contribution in [0.15, 0.2) is 10.5 Å². The van der Waals surface area contributed by atoms with E-state index in [0.29, 0.717) is 18.1 Å². The molecule has 1 aromatic heterocycles. The summed E-state index contributed by atoms with van der Waals surface area (Å²) in [5.74, 6) is 0.214. The molecular weight excluding hydrogens is 246 g/mol. The van der Waals surface area contributed by atoms with Crippen molar-refractivity contribution in [1.29, 1.82) is 0 Å². The molecule has 106 valence electrons. The van der Waals surface area contributed by atoms with Gasteiger partial charge in [-0.05, 0) is 33.8 Å². The van der Waals surface area contributed by atoms with E-state index in [4.69, 9.17) is 14.3 Å². The standard InChI is InChI=1S/C14H21NO4/c1-9-6-15(8-14(3,4)19-9)7-11-5-12(13(16)17)10(2)18-11/h5,9H,6-8H2,1-4H3,(H,16,17). The first kappa shape index (κ1) is 14.1. The van der Waals surface area contributed by atoms with Crippen molar-refractivity contribution >= 4 is 5.97 Å². The fourth-order valence-electron chi connectivity index (χ4n) is 2.76. The molecule has 2 rings (SSSR count). The molecule has 0 amide bonds. The average Bonchev–Trinajstić information content (AvgIpc) is 2.55. The van der Waals surface area contributed by atoms with Crippen molar-refractivity contribution in [2.24, 2.45) is 0 Å². The van der Waals surface area contributed by atoms with Gasteiger partial charge in [-0.3, -0.25) is 4.90 Å². The van der Waals surface area contributed by atoms with Crippen LogP contribution >= 0.6 is 0 Å². The minimum Gasteiger partial charge on any atom is -0.478 e. The molecule has 0 aromatic carbocycles. The molecule has 1 saturated heterocycles. The van der Waals surface area contributed by atoms with E-state index >= 15 is 0 Å². The van der Waals surface area contributed by atoms with E-state index in [0.717, 1.165) is 13.1 Å². The summed E-state index contributed by atoms with van der Waals surface area (Å²) < 4.78 is 11.4. The number of hydrogen-bond acceptors (Lipinski definition) is 4. The van der Waals surface area contributed by atoms with Crippen LogP contribution in [0.3, 0.4) is 0 Å². The molecule has 1 aliphatic rings. The third kappa shape index (κ3) is 3.36. The highest BCUT2D eigenvalue weighted by atomic mass is 16.5. The highest BCUT2D eigenvalue weighted by Gasteiger charge is 2.31. The molecule has 1 atom stereocenters. The molecule has 1 aliphatic heterocycles. The molecule has 0 spiro atoms. The molecule has 1 fully saturated rings. The predicted octanol–water partition coefficient (Wildman–Crippen LogP) is 2.29. The van der Waals surface area contributed by atoms with Crippen molar-refractivity contribution in [2.45, 2.75) is 45.9 Å². The van der Waals surface area contributed by atoms with Gasteiger partial charge in [0.25, 0.3) is 0 Å². The zero-order valence-electron chi connectivity index (χ0n) is 11.9. The van der Waals surface area contributed by atoms with Crippen LogP contribution in [0.1, 0.15) is 42.6 Å². The van der Waals surface area contributed by atoms with Crippen LogP contribution in [0.5, 0.6) is 0 Å². The molecule has 1 N–H and O–H groups in total. The monoisotopic (exact) mass is 267 g/mol. The lowest BCUT2D eigenvalue weighted by atomic mass is 10.1. The van der Waals surface area contributed by atoms with E-state index < -0.39 is 5.97 Å². The van der Waals surface area contributed by atoms with Crippen LogP contribution in [0.2, 0.25) is 0 Å². The zero-order valence-corrected chi connectivity index (χ0v) is 11.9. The van der Waals surface area contributed by atoms with Crippen LogP contribution in [0.4, 0.5) is 0 Å². The Balaban J connectivity index is 2.08. The second-order valence-corrected chi connectivity index (χ2v) is 5.85. The summed E-state index contributed by atoms with van der Waals surface area (Å²) >= 11 is 0. The predicted molar refractivity (Wildman–Crippen MR) is 70.3 cm³/mol. The first-order chi connectivity index (χ1) is 8.77. The molecule has 0 saturated carbocycles. The van der Waals surface area contributed by atoms with Crippen molar-refractivity contribution in [2.75, 3.05) is 13.1 Å². The normalized spacial score (nSPS) is 23.5. The molecule has 5 nitrogen and oxygen atoms in total. The number of nitrogens with zero attached hydrogens (tertiary/aromatic N) is 1. The fourth-order valence-corrected chi connectivity index (χ4v) is 2.76. The van der Waals surface area contributed by atoms with Gasteiger partial charge in [0.2, 0.25) is 0 Å². The maximum atomic E-state index is 11.0. The number of carboxylic acid groups (broad SMARTS) is 1. The molecule has 2 heterocycles. The van der Waals surface area contributed by atoms with Gasteiger partial charge in [-0.2, -0.15) is 0 Å². The Kier molecular flexibility index (Phi) is 3.69. The summed E-state index contributed by atoms with van der Waals surface area (Å²) in [6, 6.07) is 1.62. The number of rotatable bonds is 3. The van der Waals surface area contributed by atoms with Gasteiger partial charge < -0.3 is 14.3 Å². The maximum Gasteiger partial charge on any atom is 0.339 e. The Morgan fingerprint density at radius 1 is 1.58 bits per heavy atom. The average molecular weight is 267 g/mol. The highest BCUT2D eigenvalue weighted by molar-refractivity contribution is 5.88. The van der Waals surface area contributed by atoms with Crippen molar-refractivity contribution in [3.05, 3.63) is 23.2 Å². The second kappa shape index (κ2) is 4.98. The van der Waals surface area contributed by atoms with E-state index in [2.05, 4.69) is 18.7 Å². The summed E-state index contributed by atoms with van der Waals surface area (Å²) in [5, 5.41) is 9.02. The fraction of sp³-hybridized carbons (Fsp3) is 0.643. The first-order valence-electron chi connectivity index (χ1n) is 6.49. The number of carbonyl (C=O) groups is 1. The number of carboxylic acids is 1. The lowest BCUT2D eigenvalue weighted by molar-refractivity contribution is -0.131. The van der Waals surface area contributed by atoms with Crippen LogP contribution in [0, 0.1) is 6.92 Å². The number of aromatic carboxylic acids is 1. The summed E-state index contributed by atoms with van der Waals surface area (Å²) in [4.78, 5) is 13.2. The van der Waals surface area contributed by atoms with Crippen molar-refractivity contribution in [3.63, 3.8) is 0 Å². The zero-order chi connectivity index (χ0) is 14.2. The quantitative estimate of drug-likeness (QED) is 0.910. The number of morpholine rings is 1. The molecule has 5 heteroatoms. The first-order valence-corrected chi connectivity index (χ1v) is 6.49. The summed E-state index contributed by atoms with van der Waals surface area (Å²) in [5.41, 5.74) is 0.0603. The third-order valence-corrected chi connectivity index (χ3v) is 3.22. The van der Waals surface area contributed by atoms with E-state index in [-0.39, 0.29) is 17.3 Å². The van der Waals surface area contributed by atoms with E-state index in [1.807, 2.05) is 6.92 Å². The van der Waals surface area contributed by atoms with Gasteiger partial charge in [-0.1, -0.05) is 0 Å². The minimum absolute atomic E-state index is 0.166. The Labute approximate surface area is 113 Å². The number of ether oxygens (including phenoxy) is 1.